The molecule has 1 aromatic rings. The summed E-state index contributed by atoms with van der Waals surface area (Å²) >= 11 is 0. The Morgan fingerprint density at radius 2 is 2.25 bits per heavy atom. The third-order valence-corrected chi connectivity index (χ3v) is 1.71. The average molecular weight is 163 g/mol. The van der Waals surface area contributed by atoms with Gasteiger partial charge in [-0.25, -0.2) is 4.98 Å². The molecule has 0 aromatic carbocycles. The Bertz CT molecular complexity index is 320. The molecule has 1 rings (SSSR count). The topological polar surface area (TPSA) is 30.2 Å². The summed E-state index contributed by atoms with van der Waals surface area (Å²) in [4.78, 5) is 8.25. The fourth-order valence-corrected chi connectivity index (χ4v) is 0.979. The van der Waals surface area contributed by atoms with Crippen molar-refractivity contribution in [2.45, 2.75) is 13.8 Å². The van der Waals surface area contributed by atoms with Gasteiger partial charge in [0, 0.05) is 25.1 Å². The van der Waals surface area contributed by atoms with E-state index in [1.807, 2.05) is 24.6 Å². The Kier molecular flexibility index (Phi) is 2.43. The van der Waals surface area contributed by atoms with Gasteiger partial charge in [-0.1, -0.05) is 6.58 Å². The van der Waals surface area contributed by atoms with Crippen LogP contribution >= 0.6 is 0 Å². The number of imidazole rings is 1. The van der Waals surface area contributed by atoms with E-state index in [0.717, 1.165) is 17.2 Å². The van der Waals surface area contributed by atoms with Crippen molar-refractivity contribution in [2.24, 2.45) is 4.99 Å². The van der Waals surface area contributed by atoms with Crippen LogP contribution in [0.5, 0.6) is 0 Å². The van der Waals surface area contributed by atoms with Crippen molar-refractivity contribution in [3.8, 4) is 0 Å². The first kappa shape index (κ1) is 8.71. The predicted octanol–water partition coefficient (Wildman–Crippen LogP) is 1.81. The first-order chi connectivity index (χ1) is 5.66. The van der Waals surface area contributed by atoms with Gasteiger partial charge in [-0.05, 0) is 13.8 Å². The molecule has 3 nitrogen and oxygen atoms in total. The van der Waals surface area contributed by atoms with Gasteiger partial charge in [-0.2, -0.15) is 0 Å². The van der Waals surface area contributed by atoms with Gasteiger partial charge in [0.15, 0.2) is 5.82 Å². The highest BCUT2D eigenvalue weighted by Gasteiger charge is 2.04. The summed E-state index contributed by atoms with van der Waals surface area (Å²) in [5.41, 5.74) is 1.87. The molecule has 0 amide bonds. The molecule has 1 aromatic heterocycles. The minimum atomic E-state index is 0.866. The van der Waals surface area contributed by atoms with Crippen LogP contribution in [0, 0.1) is 0 Å². The van der Waals surface area contributed by atoms with E-state index in [0.29, 0.717) is 0 Å². The lowest BCUT2D eigenvalue weighted by atomic mass is 10.4. The third kappa shape index (κ3) is 1.44. The lowest BCUT2D eigenvalue weighted by molar-refractivity contribution is 1.05. The van der Waals surface area contributed by atoms with E-state index in [9.17, 15) is 0 Å². The molecule has 0 fully saturated rings. The molecule has 0 aliphatic rings. The predicted molar refractivity (Wildman–Crippen MR) is 51.4 cm³/mol. The van der Waals surface area contributed by atoms with Crippen LogP contribution in [-0.4, -0.2) is 22.3 Å². The zero-order valence-corrected chi connectivity index (χ0v) is 7.70. The van der Waals surface area contributed by atoms with Gasteiger partial charge in [-0.3, -0.25) is 4.99 Å². The summed E-state index contributed by atoms with van der Waals surface area (Å²) in [7, 11) is 1.76. The molecule has 0 radical (unpaired) electrons. The Hall–Kier alpha value is -1.38. The van der Waals surface area contributed by atoms with E-state index in [1.165, 1.54) is 0 Å². The zero-order chi connectivity index (χ0) is 9.14. The van der Waals surface area contributed by atoms with Crippen molar-refractivity contribution in [1.82, 2.24) is 9.55 Å². The average Bonchev–Trinajstić information content (AvgIpc) is 2.50. The van der Waals surface area contributed by atoms with Crippen LogP contribution < -0.4 is 0 Å². The highest BCUT2D eigenvalue weighted by atomic mass is 15.1. The summed E-state index contributed by atoms with van der Waals surface area (Å²) in [6, 6.07) is 0. The van der Waals surface area contributed by atoms with Gasteiger partial charge in [0.25, 0.3) is 0 Å². The van der Waals surface area contributed by atoms with Crippen LogP contribution in [0.4, 0.5) is 0 Å². The van der Waals surface area contributed by atoms with Gasteiger partial charge < -0.3 is 4.57 Å². The second-order valence-corrected chi connectivity index (χ2v) is 2.67. The SMILES string of the molecule is C=C(C)n1ccnc1C(C)=NC. The second kappa shape index (κ2) is 3.34. The van der Waals surface area contributed by atoms with Crippen LogP contribution in [0.15, 0.2) is 24.0 Å². The molecule has 0 saturated carbocycles. The molecule has 0 atom stereocenters. The van der Waals surface area contributed by atoms with Crippen LogP contribution in [0.2, 0.25) is 0 Å². The molecule has 0 N–H and O–H groups in total. The van der Waals surface area contributed by atoms with Crippen molar-refractivity contribution in [2.75, 3.05) is 7.05 Å². The summed E-state index contributed by atoms with van der Waals surface area (Å²) in [6.07, 6.45) is 3.63. The minimum Gasteiger partial charge on any atom is -0.303 e. The monoisotopic (exact) mass is 163 g/mol. The number of allylic oxidation sites excluding steroid dienone is 1. The molecule has 0 saturated heterocycles. The maximum absolute atomic E-state index is 4.18. The van der Waals surface area contributed by atoms with Crippen molar-refractivity contribution >= 4 is 11.4 Å². The number of nitrogens with zero attached hydrogens (tertiary/aromatic N) is 3. The van der Waals surface area contributed by atoms with Gasteiger partial charge in [-0.15, -0.1) is 0 Å². The molecule has 0 unspecified atom stereocenters. The van der Waals surface area contributed by atoms with Gasteiger partial charge in [0.05, 0.1) is 5.71 Å². The van der Waals surface area contributed by atoms with Gasteiger partial charge in [0.2, 0.25) is 0 Å². The molecule has 3 heteroatoms. The van der Waals surface area contributed by atoms with Crippen molar-refractivity contribution < 1.29 is 0 Å². The number of aromatic nitrogens is 2. The lowest BCUT2D eigenvalue weighted by Crippen LogP contribution is -2.05. The van der Waals surface area contributed by atoms with E-state index in [4.69, 9.17) is 0 Å². The van der Waals surface area contributed by atoms with E-state index in [1.54, 1.807) is 13.2 Å². The Balaban J connectivity index is 3.16. The molecular weight excluding hydrogens is 150 g/mol. The largest absolute Gasteiger partial charge is 0.303 e. The van der Waals surface area contributed by atoms with Gasteiger partial charge >= 0.3 is 0 Å². The fourth-order valence-electron chi connectivity index (χ4n) is 0.979. The molecule has 12 heavy (non-hydrogen) atoms. The minimum absolute atomic E-state index is 0.866. The van der Waals surface area contributed by atoms with E-state index in [2.05, 4.69) is 16.6 Å². The lowest BCUT2D eigenvalue weighted by Gasteiger charge is -2.04. The van der Waals surface area contributed by atoms with E-state index < -0.39 is 0 Å². The number of rotatable bonds is 2. The van der Waals surface area contributed by atoms with Crippen molar-refractivity contribution in [1.29, 1.82) is 0 Å². The molecule has 0 bridgehead atoms. The number of hydrogen-bond acceptors (Lipinski definition) is 2. The second-order valence-electron chi connectivity index (χ2n) is 2.67. The molecule has 0 aliphatic heterocycles. The molecular formula is C9H13N3. The summed E-state index contributed by atoms with van der Waals surface area (Å²) in [5.74, 6) is 0.866. The van der Waals surface area contributed by atoms with Crippen LogP contribution in [-0.2, 0) is 0 Å². The first-order valence-corrected chi connectivity index (χ1v) is 3.79. The van der Waals surface area contributed by atoms with Crippen molar-refractivity contribution in [3.63, 3.8) is 0 Å². The highest BCUT2D eigenvalue weighted by Crippen LogP contribution is 2.05. The van der Waals surface area contributed by atoms with Crippen LogP contribution in [0.1, 0.15) is 19.7 Å². The Morgan fingerprint density at radius 1 is 1.58 bits per heavy atom. The Labute approximate surface area is 72.5 Å². The third-order valence-electron chi connectivity index (χ3n) is 1.71. The van der Waals surface area contributed by atoms with Crippen molar-refractivity contribution in [3.05, 3.63) is 24.8 Å². The maximum Gasteiger partial charge on any atom is 0.157 e. The summed E-state index contributed by atoms with van der Waals surface area (Å²) in [5, 5.41) is 0. The van der Waals surface area contributed by atoms with Crippen LogP contribution in [0.3, 0.4) is 0 Å². The molecule has 0 aliphatic carbocycles. The fraction of sp³-hybridized carbons (Fsp3) is 0.333. The number of aliphatic imine (C=N–C) groups is 1. The normalized spacial score (nSPS) is 11.8. The molecule has 64 valence electrons. The highest BCUT2D eigenvalue weighted by molar-refractivity contribution is 5.96. The van der Waals surface area contributed by atoms with Gasteiger partial charge in [0.1, 0.15) is 0 Å². The maximum atomic E-state index is 4.18. The van der Waals surface area contributed by atoms with Crippen LogP contribution in [0.25, 0.3) is 5.70 Å². The molecule has 1 heterocycles. The van der Waals surface area contributed by atoms with E-state index in [-0.39, 0.29) is 0 Å². The summed E-state index contributed by atoms with van der Waals surface area (Å²) in [6.45, 7) is 7.71. The summed E-state index contributed by atoms with van der Waals surface area (Å²) < 4.78 is 1.92. The Morgan fingerprint density at radius 3 is 2.75 bits per heavy atom. The smallest absolute Gasteiger partial charge is 0.157 e. The van der Waals surface area contributed by atoms with E-state index >= 15 is 0 Å². The number of hydrogen-bond donors (Lipinski definition) is 0. The standard InChI is InChI=1S/C9H13N3/c1-7(2)12-6-5-11-9(12)8(3)10-4/h5-6H,1H2,2-4H3. The quantitative estimate of drug-likeness (QED) is 0.611. The first-order valence-electron chi connectivity index (χ1n) is 3.79. The molecule has 0 spiro atoms. The zero-order valence-electron chi connectivity index (χ0n) is 7.70.